The summed E-state index contributed by atoms with van der Waals surface area (Å²) >= 11 is 5.95. The lowest BCUT2D eigenvalue weighted by atomic mass is 10.1. The lowest BCUT2D eigenvalue weighted by Gasteiger charge is -2.40. The molecule has 13 heteroatoms. The van der Waals surface area contributed by atoms with Crippen LogP contribution in [0.15, 0.2) is 48.5 Å². The van der Waals surface area contributed by atoms with E-state index < -0.39 is 6.36 Å². The second-order valence-corrected chi connectivity index (χ2v) is 9.91. The van der Waals surface area contributed by atoms with Gasteiger partial charge in [0, 0.05) is 61.6 Å². The Morgan fingerprint density at radius 2 is 1.43 bits per heavy atom. The molecule has 1 aliphatic heterocycles. The van der Waals surface area contributed by atoms with Crippen molar-refractivity contribution in [3.8, 4) is 5.75 Å². The van der Waals surface area contributed by atoms with Crippen molar-refractivity contribution in [3.05, 3.63) is 53.6 Å². The second-order valence-electron chi connectivity index (χ2n) is 9.47. The summed E-state index contributed by atoms with van der Waals surface area (Å²) in [6.45, 7) is 8.31. The molecule has 9 nitrogen and oxygen atoms in total. The molecule has 2 aromatic carbocycles. The summed E-state index contributed by atoms with van der Waals surface area (Å²) in [7, 11) is 0. The number of nitrogens with zero attached hydrogens (tertiary/aromatic N) is 2. The molecular formula is C29H39ClF3N3O6. The fourth-order valence-corrected chi connectivity index (χ4v) is 4.50. The number of halogens is 4. The first-order chi connectivity index (χ1) is 20.2. The topological polar surface area (TPSA) is 81.7 Å². The first-order valence-electron chi connectivity index (χ1n) is 13.9. The summed E-state index contributed by atoms with van der Waals surface area (Å²) < 4.78 is 63.5. The van der Waals surface area contributed by atoms with E-state index >= 15 is 0 Å². The van der Waals surface area contributed by atoms with Crippen molar-refractivity contribution in [3.63, 3.8) is 0 Å². The molecule has 1 heterocycles. The van der Waals surface area contributed by atoms with Gasteiger partial charge in [0.1, 0.15) is 5.75 Å². The van der Waals surface area contributed by atoms with E-state index in [-0.39, 0.29) is 24.1 Å². The Hall–Kier alpha value is -2.61. The summed E-state index contributed by atoms with van der Waals surface area (Å²) in [5.74, 6) is -0.402. The maximum absolute atomic E-state index is 12.9. The predicted octanol–water partition coefficient (Wildman–Crippen LogP) is 4.84. The molecule has 0 aliphatic carbocycles. The van der Waals surface area contributed by atoms with E-state index in [1.165, 1.54) is 12.1 Å². The molecule has 1 fully saturated rings. The van der Waals surface area contributed by atoms with Crippen LogP contribution in [0.5, 0.6) is 5.75 Å². The van der Waals surface area contributed by atoms with Crippen molar-refractivity contribution in [2.75, 3.05) is 89.3 Å². The molecule has 1 aliphatic rings. The SMILES string of the molecule is CCOCCOCCOCCOCC(CC(=O)Nc1ccc(Cl)cc1)N1CCN(c2ccc(OC(F)(F)F)cc2)CC1. The average Bonchev–Trinajstić information content (AvgIpc) is 2.96. The number of nitrogens with one attached hydrogen (secondary N) is 1. The van der Waals surface area contributed by atoms with Crippen molar-refractivity contribution in [1.82, 2.24) is 4.90 Å². The van der Waals surface area contributed by atoms with Gasteiger partial charge >= 0.3 is 6.36 Å². The van der Waals surface area contributed by atoms with Crippen LogP contribution in [0, 0.1) is 0 Å². The Kier molecular flexibility index (Phi) is 14.6. The fourth-order valence-electron chi connectivity index (χ4n) is 4.38. The lowest BCUT2D eigenvalue weighted by molar-refractivity contribution is -0.274. The largest absolute Gasteiger partial charge is 0.573 e. The number of ether oxygens (including phenoxy) is 5. The van der Waals surface area contributed by atoms with Gasteiger partial charge in [0.25, 0.3) is 0 Å². The first kappa shape index (κ1) is 33.9. The Labute approximate surface area is 249 Å². The van der Waals surface area contributed by atoms with Gasteiger partial charge in [0.2, 0.25) is 5.91 Å². The molecule has 234 valence electrons. The zero-order chi connectivity index (χ0) is 30.2. The molecule has 3 rings (SSSR count). The van der Waals surface area contributed by atoms with E-state index in [4.69, 9.17) is 30.5 Å². The third kappa shape index (κ3) is 13.1. The lowest BCUT2D eigenvalue weighted by Crippen LogP contribution is -2.52. The van der Waals surface area contributed by atoms with Gasteiger partial charge in [0.15, 0.2) is 0 Å². The monoisotopic (exact) mass is 617 g/mol. The number of benzene rings is 2. The zero-order valence-corrected chi connectivity index (χ0v) is 24.5. The van der Waals surface area contributed by atoms with E-state index in [1.807, 2.05) is 6.92 Å². The maximum atomic E-state index is 12.9. The number of piperazine rings is 1. The minimum atomic E-state index is -4.73. The van der Waals surface area contributed by atoms with Crippen molar-refractivity contribution in [2.24, 2.45) is 0 Å². The van der Waals surface area contributed by atoms with Gasteiger partial charge in [-0.3, -0.25) is 9.69 Å². The first-order valence-corrected chi connectivity index (χ1v) is 14.3. The van der Waals surface area contributed by atoms with Gasteiger partial charge < -0.3 is 33.9 Å². The highest BCUT2D eigenvalue weighted by atomic mass is 35.5. The second kappa shape index (κ2) is 18.1. The molecule has 42 heavy (non-hydrogen) atoms. The zero-order valence-electron chi connectivity index (χ0n) is 23.7. The van der Waals surface area contributed by atoms with E-state index in [0.29, 0.717) is 89.7 Å². The van der Waals surface area contributed by atoms with E-state index in [0.717, 1.165) is 5.69 Å². The smallest absolute Gasteiger partial charge is 0.406 e. The van der Waals surface area contributed by atoms with Crippen LogP contribution < -0.4 is 15.0 Å². The Balaban J connectivity index is 1.47. The van der Waals surface area contributed by atoms with E-state index in [2.05, 4.69) is 19.9 Å². The molecule has 2 aromatic rings. The van der Waals surface area contributed by atoms with Crippen molar-refractivity contribution in [1.29, 1.82) is 0 Å². The summed E-state index contributed by atoms with van der Waals surface area (Å²) in [5, 5.41) is 3.49. The van der Waals surface area contributed by atoms with Crippen LogP contribution in [0.4, 0.5) is 24.5 Å². The van der Waals surface area contributed by atoms with Crippen LogP contribution in [0.3, 0.4) is 0 Å². The van der Waals surface area contributed by atoms with E-state index in [1.54, 1.807) is 36.4 Å². The summed E-state index contributed by atoms with van der Waals surface area (Å²) in [4.78, 5) is 17.2. The van der Waals surface area contributed by atoms with Crippen LogP contribution in [0.25, 0.3) is 0 Å². The average molecular weight is 618 g/mol. The molecule has 1 unspecified atom stereocenters. The van der Waals surface area contributed by atoms with Gasteiger partial charge in [-0.2, -0.15) is 0 Å². The van der Waals surface area contributed by atoms with Crippen LogP contribution in [0.2, 0.25) is 5.02 Å². The number of alkyl halides is 3. The summed E-state index contributed by atoms with van der Waals surface area (Å²) in [6, 6.07) is 12.6. The highest BCUT2D eigenvalue weighted by Gasteiger charge is 2.31. The molecule has 0 spiro atoms. The Morgan fingerprint density at radius 1 is 0.857 bits per heavy atom. The van der Waals surface area contributed by atoms with Crippen molar-refractivity contribution >= 4 is 28.9 Å². The van der Waals surface area contributed by atoms with Gasteiger partial charge in [0.05, 0.1) is 46.2 Å². The van der Waals surface area contributed by atoms with Gasteiger partial charge in [-0.05, 0) is 55.5 Å². The molecule has 1 saturated heterocycles. The molecule has 0 aromatic heterocycles. The molecule has 0 radical (unpaired) electrons. The number of carbonyl (C=O) groups is 1. The summed E-state index contributed by atoms with van der Waals surface area (Å²) in [6.07, 6.45) is -4.50. The minimum Gasteiger partial charge on any atom is -0.406 e. The number of rotatable bonds is 18. The van der Waals surface area contributed by atoms with E-state index in [9.17, 15) is 18.0 Å². The minimum absolute atomic E-state index is 0.144. The van der Waals surface area contributed by atoms with Gasteiger partial charge in [-0.15, -0.1) is 13.2 Å². The van der Waals surface area contributed by atoms with Crippen LogP contribution >= 0.6 is 11.6 Å². The van der Waals surface area contributed by atoms with Crippen molar-refractivity contribution < 1.29 is 41.7 Å². The van der Waals surface area contributed by atoms with Crippen molar-refractivity contribution in [2.45, 2.75) is 25.7 Å². The number of hydrogen-bond acceptors (Lipinski definition) is 8. The highest BCUT2D eigenvalue weighted by Crippen LogP contribution is 2.26. The number of hydrogen-bond donors (Lipinski definition) is 1. The van der Waals surface area contributed by atoms with Crippen LogP contribution in [-0.4, -0.2) is 102 Å². The van der Waals surface area contributed by atoms with Crippen LogP contribution in [0.1, 0.15) is 13.3 Å². The van der Waals surface area contributed by atoms with Gasteiger partial charge in [-0.25, -0.2) is 0 Å². The molecule has 0 bridgehead atoms. The predicted molar refractivity (Wildman–Crippen MR) is 154 cm³/mol. The third-order valence-electron chi connectivity index (χ3n) is 6.45. The fraction of sp³-hybridized carbons (Fsp3) is 0.552. The highest BCUT2D eigenvalue weighted by molar-refractivity contribution is 6.30. The van der Waals surface area contributed by atoms with Gasteiger partial charge in [-0.1, -0.05) is 11.6 Å². The summed E-state index contributed by atoms with van der Waals surface area (Å²) in [5.41, 5.74) is 1.46. The standard InChI is InChI=1S/C29H39ClF3N3O6/c1-2-38-15-16-39-17-18-40-19-20-41-22-26(21-28(37)34-24-5-3-23(30)4-6-24)36-13-11-35(12-14-36)25-7-9-27(10-8-25)42-29(31,32)33/h3-10,26H,2,11-22H2,1H3,(H,34,37). The number of anilines is 2. The molecular weight excluding hydrogens is 579 g/mol. The Bertz CT molecular complexity index is 1040. The molecule has 1 N–H and O–H groups in total. The quantitative estimate of drug-likeness (QED) is 0.238. The number of amides is 1. The maximum Gasteiger partial charge on any atom is 0.573 e. The normalized spacial score (nSPS) is 15.0. The molecule has 1 amide bonds. The molecule has 0 saturated carbocycles. The molecule has 1 atom stereocenters. The van der Waals surface area contributed by atoms with Crippen LogP contribution in [-0.2, 0) is 23.7 Å². The third-order valence-corrected chi connectivity index (χ3v) is 6.70. The Morgan fingerprint density at radius 3 is 2.00 bits per heavy atom. The number of carbonyl (C=O) groups excluding carboxylic acids is 1.